The number of aromatic nitrogens is 1. The first kappa shape index (κ1) is 14.2. The summed E-state index contributed by atoms with van der Waals surface area (Å²) < 4.78 is 2.74. The molecule has 22 heavy (non-hydrogen) atoms. The molecule has 2 N–H and O–H groups in total. The van der Waals surface area contributed by atoms with E-state index in [1.165, 1.54) is 12.1 Å². The summed E-state index contributed by atoms with van der Waals surface area (Å²) >= 11 is 1.57. The Balaban J connectivity index is 2.29. The van der Waals surface area contributed by atoms with Crippen LogP contribution in [0.25, 0.3) is 20.7 Å². The van der Waals surface area contributed by atoms with E-state index in [-0.39, 0.29) is 11.3 Å². The molecule has 6 heteroatoms. The van der Waals surface area contributed by atoms with Crippen molar-refractivity contribution in [3.8, 4) is 11.4 Å². The lowest BCUT2D eigenvalue weighted by Gasteiger charge is -2.08. The molecular formula is C16H12N2O3S. The molecule has 0 radical (unpaired) electrons. The van der Waals surface area contributed by atoms with Gasteiger partial charge in [-0.25, -0.2) is 9.64 Å². The number of aromatic hydroxyl groups is 1. The van der Waals surface area contributed by atoms with E-state index >= 15 is 0 Å². The largest absolute Gasteiger partial charge is 0.507 e. The minimum Gasteiger partial charge on any atom is -0.507 e. The van der Waals surface area contributed by atoms with Gasteiger partial charge in [0.25, 0.3) is 0 Å². The van der Waals surface area contributed by atoms with Crippen LogP contribution in [-0.4, -0.2) is 20.7 Å². The molecule has 0 amide bonds. The third-order valence-electron chi connectivity index (χ3n) is 3.69. The van der Waals surface area contributed by atoms with Crippen LogP contribution in [0.3, 0.4) is 0 Å². The minimum atomic E-state index is -1.17. The van der Waals surface area contributed by atoms with Crippen LogP contribution >= 0.6 is 11.3 Å². The van der Waals surface area contributed by atoms with Gasteiger partial charge in [-0.3, -0.25) is 0 Å². The lowest BCUT2D eigenvalue weighted by atomic mass is 10.1. The standard InChI is InChI=1S/C16H12N2O3S/c1-8-9(2)22-15-12(17-3)7-18(14(8)15)10-4-5-11(16(20)21)13(19)6-10/h4-7,19H,1-2H3,(H,20,21). The van der Waals surface area contributed by atoms with Crippen molar-refractivity contribution in [3.05, 3.63) is 51.8 Å². The average molecular weight is 312 g/mol. The highest BCUT2D eigenvalue weighted by molar-refractivity contribution is 7.19. The minimum absolute atomic E-state index is 0.143. The van der Waals surface area contributed by atoms with Gasteiger partial charge in [-0.05, 0) is 31.5 Å². The summed E-state index contributed by atoms with van der Waals surface area (Å²) in [6.07, 6.45) is 1.72. The van der Waals surface area contributed by atoms with Crippen molar-refractivity contribution in [1.82, 2.24) is 4.57 Å². The molecule has 3 aromatic rings. The van der Waals surface area contributed by atoms with Crippen LogP contribution < -0.4 is 0 Å². The number of thiophene rings is 1. The third-order valence-corrected chi connectivity index (χ3v) is 4.91. The van der Waals surface area contributed by atoms with E-state index in [9.17, 15) is 9.90 Å². The van der Waals surface area contributed by atoms with Crippen LogP contribution in [0.5, 0.6) is 5.75 Å². The molecular weight excluding hydrogens is 300 g/mol. The number of hydrogen-bond donors (Lipinski definition) is 2. The normalized spacial score (nSPS) is 10.8. The molecule has 0 atom stereocenters. The maximum Gasteiger partial charge on any atom is 0.339 e. The van der Waals surface area contributed by atoms with E-state index in [1.54, 1.807) is 23.6 Å². The van der Waals surface area contributed by atoms with Crippen LogP contribution in [0.1, 0.15) is 20.8 Å². The summed E-state index contributed by atoms with van der Waals surface area (Å²) in [6, 6.07) is 4.40. The average Bonchev–Trinajstić information content (AvgIpc) is 2.97. The summed E-state index contributed by atoms with van der Waals surface area (Å²) in [4.78, 5) is 15.7. The fourth-order valence-corrected chi connectivity index (χ4v) is 3.57. The Morgan fingerprint density at radius 1 is 1.36 bits per heavy atom. The van der Waals surface area contributed by atoms with Crippen LogP contribution in [0.2, 0.25) is 0 Å². The molecule has 1 aromatic carbocycles. The van der Waals surface area contributed by atoms with E-state index in [4.69, 9.17) is 11.7 Å². The molecule has 2 heterocycles. The van der Waals surface area contributed by atoms with Crippen molar-refractivity contribution in [2.45, 2.75) is 13.8 Å². The van der Waals surface area contributed by atoms with Crippen molar-refractivity contribution in [3.63, 3.8) is 0 Å². The van der Waals surface area contributed by atoms with Gasteiger partial charge in [0.15, 0.2) is 0 Å². The van der Waals surface area contributed by atoms with Crippen LogP contribution in [0.15, 0.2) is 24.4 Å². The quantitative estimate of drug-likeness (QED) is 0.695. The second kappa shape index (κ2) is 4.90. The topological polar surface area (TPSA) is 66.8 Å². The zero-order valence-corrected chi connectivity index (χ0v) is 12.7. The highest BCUT2D eigenvalue weighted by Gasteiger charge is 2.17. The number of carboxylic acid groups (broad SMARTS) is 1. The monoisotopic (exact) mass is 312 g/mol. The number of aryl methyl sites for hydroxylation is 2. The van der Waals surface area contributed by atoms with Gasteiger partial charge >= 0.3 is 5.97 Å². The molecule has 0 saturated carbocycles. The Kier molecular flexibility index (Phi) is 3.15. The van der Waals surface area contributed by atoms with Gasteiger partial charge in [-0.1, -0.05) is 0 Å². The molecule has 0 fully saturated rings. The van der Waals surface area contributed by atoms with Gasteiger partial charge in [0, 0.05) is 22.8 Å². The van der Waals surface area contributed by atoms with E-state index in [1.807, 2.05) is 18.4 Å². The van der Waals surface area contributed by atoms with Crippen LogP contribution in [-0.2, 0) is 0 Å². The second-order valence-electron chi connectivity index (χ2n) is 4.96. The van der Waals surface area contributed by atoms with Crippen molar-refractivity contribution < 1.29 is 15.0 Å². The van der Waals surface area contributed by atoms with Gasteiger partial charge < -0.3 is 14.8 Å². The first-order valence-corrected chi connectivity index (χ1v) is 7.31. The Bertz CT molecular complexity index is 960. The smallest absolute Gasteiger partial charge is 0.339 e. The number of aromatic carboxylic acids is 1. The summed E-state index contributed by atoms with van der Waals surface area (Å²) in [5, 5.41) is 18.9. The SMILES string of the molecule is [C-]#[N+]c1cn(-c2ccc(C(=O)O)c(O)c2)c2c(C)c(C)sc12. The van der Waals surface area contributed by atoms with Crippen LogP contribution in [0.4, 0.5) is 5.69 Å². The molecule has 0 spiro atoms. The predicted octanol–water partition coefficient (Wildman–Crippen LogP) is 4.26. The fraction of sp³-hybridized carbons (Fsp3) is 0.125. The van der Waals surface area contributed by atoms with E-state index in [2.05, 4.69) is 4.85 Å². The lowest BCUT2D eigenvalue weighted by Crippen LogP contribution is -1.99. The van der Waals surface area contributed by atoms with E-state index in [0.29, 0.717) is 11.4 Å². The highest BCUT2D eigenvalue weighted by Crippen LogP contribution is 2.40. The van der Waals surface area contributed by atoms with Gasteiger partial charge in [0.05, 0.1) is 16.8 Å². The van der Waals surface area contributed by atoms with Crippen molar-refractivity contribution in [2.24, 2.45) is 0 Å². The van der Waals surface area contributed by atoms with Crippen LogP contribution in [0, 0.1) is 20.4 Å². The zero-order valence-electron chi connectivity index (χ0n) is 11.9. The lowest BCUT2D eigenvalue weighted by molar-refractivity contribution is 0.0694. The van der Waals surface area contributed by atoms with Gasteiger partial charge in [-0.2, -0.15) is 11.3 Å². The molecule has 0 unspecified atom stereocenters. The fourth-order valence-electron chi connectivity index (χ4n) is 2.46. The molecule has 5 nitrogen and oxygen atoms in total. The Labute approximate surface area is 130 Å². The van der Waals surface area contributed by atoms with Gasteiger partial charge in [0.1, 0.15) is 11.3 Å². The zero-order chi connectivity index (χ0) is 16.0. The summed E-state index contributed by atoms with van der Waals surface area (Å²) in [5.41, 5.74) is 3.05. The molecule has 0 bridgehead atoms. The highest BCUT2D eigenvalue weighted by atomic mass is 32.1. The Hall–Kier alpha value is -2.78. The number of rotatable bonds is 2. The second-order valence-corrected chi connectivity index (χ2v) is 6.19. The van der Waals surface area contributed by atoms with Gasteiger partial charge in [0.2, 0.25) is 5.69 Å². The molecule has 110 valence electrons. The molecule has 2 aromatic heterocycles. The molecule has 0 aliphatic rings. The number of phenols is 1. The molecule has 0 saturated heterocycles. The summed E-state index contributed by atoms with van der Waals surface area (Å²) in [5.74, 6) is -1.47. The third kappa shape index (κ3) is 1.95. The Morgan fingerprint density at radius 3 is 2.68 bits per heavy atom. The molecule has 0 aliphatic heterocycles. The number of carbonyl (C=O) groups is 1. The maximum atomic E-state index is 11.0. The number of fused-ring (bicyclic) bond motifs is 1. The number of benzene rings is 1. The number of carboxylic acids is 1. The number of hydrogen-bond acceptors (Lipinski definition) is 3. The van der Waals surface area contributed by atoms with E-state index in [0.717, 1.165) is 20.7 Å². The summed E-state index contributed by atoms with van der Waals surface area (Å²) in [6.45, 7) is 11.3. The Morgan fingerprint density at radius 2 is 2.09 bits per heavy atom. The molecule has 0 aliphatic carbocycles. The van der Waals surface area contributed by atoms with Crippen molar-refractivity contribution in [2.75, 3.05) is 0 Å². The summed E-state index contributed by atoms with van der Waals surface area (Å²) in [7, 11) is 0. The van der Waals surface area contributed by atoms with Crippen molar-refractivity contribution >= 4 is 33.2 Å². The number of nitrogens with zero attached hydrogens (tertiary/aromatic N) is 2. The van der Waals surface area contributed by atoms with Gasteiger partial charge in [-0.15, -0.1) is 0 Å². The first-order valence-electron chi connectivity index (χ1n) is 6.49. The first-order chi connectivity index (χ1) is 10.4. The van der Waals surface area contributed by atoms with E-state index < -0.39 is 5.97 Å². The maximum absolute atomic E-state index is 11.0. The van der Waals surface area contributed by atoms with Crippen molar-refractivity contribution in [1.29, 1.82) is 0 Å². The molecule has 3 rings (SSSR count). The predicted molar refractivity (Wildman–Crippen MR) is 85.5 cm³/mol.